The van der Waals surface area contributed by atoms with Crippen molar-refractivity contribution >= 4 is 5.71 Å². The van der Waals surface area contributed by atoms with Crippen molar-refractivity contribution in [2.75, 3.05) is 7.11 Å². The smallest absolute Gasteiger partial charge is 0.0947 e. The summed E-state index contributed by atoms with van der Waals surface area (Å²) in [5.74, 6) is 0. The van der Waals surface area contributed by atoms with E-state index in [0.29, 0.717) is 0 Å². The van der Waals surface area contributed by atoms with E-state index < -0.39 is 0 Å². The van der Waals surface area contributed by atoms with Crippen LogP contribution in [0.2, 0.25) is 0 Å². The average molecular weight is 217 g/mol. The lowest BCUT2D eigenvalue weighted by Crippen LogP contribution is -2.16. The van der Waals surface area contributed by atoms with E-state index in [1.54, 1.807) is 7.11 Å². The minimum absolute atomic E-state index is 0.243. The molecule has 2 rings (SSSR count). The second kappa shape index (κ2) is 5.26. The maximum Gasteiger partial charge on any atom is 0.0947 e. The van der Waals surface area contributed by atoms with Crippen LogP contribution >= 0.6 is 0 Å². The lowest BCUT2D eigenvalue weighted by molar-refractivity contribution is 0.156. The lowest BCUT2D eigenvalue weighted by Gasteiger charge is -2.12. The Morgan fingerprint density at radius 2 is 2.06 bits per heavy atom. The van der Waals surface area contributed by atoms with Gasteiger partial charge >= 0.3 is 0 Å². The molecule has 0 bridgehead atoms. The minimum Gasteiger partial charge on any atom is -0.376 e. The number of aliphatic imine (C=N–C) groups is 1. The van der Waals surface area contributed by atoms with Crippen LogP contribution in [0.5, 0.6) is 0 Å². The molecule has 86 valence electrons. The van der Waals surface area contributed by atoms with Gasteiger partial charge < -0.3 is 4.74 Å². The van der Waals surface area contributed by atoms with E-state index in [2.05, 4.69) is 31.2 Å². The zero-order chi connectivity index (χ0) is 11.4. The Hall–Kier alpha value is -1.15. The number of methoxy groups -OCH3 is 1. The SMILES string of the molecule is CO[C@H]1CCCC1=N[C@@H](C)c1ccccc1. The Labute approximate surface area is 97.4 Å². The van der Waals surface area contributed by atoms with E-state index in [9.17, 15) is 0 Å². The summed E-state index contributed by atoms with van der Waals surface area (Å²) < 4.78 is 5.43. The zero-order valence-electron chi connectivity index (χ0n) is 10.0. The number of nitrogens with zero attached hydrogens (tertiary/aromatic N) is 1. The van der Waals surface area contributed by atoms with E-state index in [4.69, 9.17) is 9.73 Å². The van der Waals surface area contributed by atoms with E-state index in [-0.39, 0.29) is 12.1 Å². The Morgan fingerprint density at radius 3 is 2.75 bits per heavy atom. The Kier molecular flexibility index (Phi) is 3.73. The first-order valence-corrected chi connectivity index (χ1v) is 5.95. The highest BCUT2D eigenvalue weighted by Crippen LogP contribution is 2.23. The van der Waals surface area contributed by atoms with Gasteiger partial charge in [-0.25, -0.2) is 0 Å². The van der Waals surface area contributed by atoms with Crippen LogP contribution in [0.1, 0.15) is 37.8 Å². The Bertz CT molecular complexity index is 358. The molecule has 0 N–H and O–H groups in total. The highest BCUT2D eigenvalue weighted by atomic mass is 16.5. The van der Waals surface area contributed by atoms with Crippen LogP contribution in [0.15, 0.2) is 35.3 Å². The molecule has 2 atom stereocenters. The molecule has 0 radical (unpaired) electrons. The predicted molar refractivity (Wildman–Crippen MR) is 66.9 cm³/mol. The third kappa shape index (κ3) is 2.50. The van der Waals surface area contributed by atoms with Crippen molar-refractivity contribution in [2.24, 2.45) is 4.99 Å². The van der Waals surface area contributed by atoms with Gasteiger partial charge in [-0.05, 0) is 31.7 Å². The molecular weight excluding hydrogens is 198 g/mol. The van der Waals surface area contributed by atoms with Gasteiger partial charge in [0.1, 0.15) is 0 Å². The van der Waals surface area contributed by atoms with Gasteiger partial charge in [0.05, 0.1) is 12.1 Å². The topological polar surface area (TPSA) is 21.6 Å². The molecule has 1 aliphatic rings. The fraction of sp³-hybridized carbons (Fsp3) is 0.500. The molecular formula is C14H19NO. The first-order valence-electron chi connectivity index (χ1n) is 5.95. The minimum atomic E-state index is 0.243. The van der Waals surface area contributed by atoms with Crippen LogP contribution in [0.25, 0.3) is 0 Å². The van der Waals surface area contributed by atoms with Gasteiger partial charge in [0.25, 0.3) is 0 Å². The summed E-state index contributed by atoms with van der Waals surface area (Å²) in [4.78, 5) is 4.79. The third-order valence-corrected chi connectivity index (χ3v) is 3.20. The number of ether oxygens (including phenoxy) is 1. The van der Waals surface area contributed by atoms with Gasteiger partial charge in [-0.3, -0.25) is 4.99 Å². The van der Waals surface area contributed by atoms with Gasteiger partial charge in [0.15, 0.2) is 0 Å². The molecule has 0 saturated heterocycles. The average Bonchev–Trinajstić information content (AvgIpc) is 2.77. The van der Waals surface area contributed by atoms with Crippen molar-refractivity contribution in [3.8, 4) is 0 Å². The third-order valence-electron chi connectivity index (χ3n) is 3.20. The van der Waals surface area contributed by atoms with Crippen molar-refractivity contribution in [3.05, 3.63) is 35.9 Å². The van der Waals surface area contributed by atoms with Crippen molar-refractivity contribution in [3.63, 3.8) is 0 Å². The molecule has 1 aliphatic carbocycles. The first kappa shape index (κ1) is 11.3. The van der Waals surface area contributed by atoms with E-state index in [0.717, 1.165) is 12.8 Å². The van der Waals surface area contributed by atoms with E-state index in [1.807, 2.05) is 6.07 Å². The lowest BCUT2D eigenvalue weighted by atomic mass is 10.1. The van der Waals surface area contributed by atoms with E-state index >= 15 is 0 Å². The molecule has 1 aromatic carbocycles. The Morgan fingerprint density at radius 1 is 1.31 bits per heavy atom. The first-order chi connectivity index (χ1) is 7.81. The summed E-state index contributed by atoms with van der Waals surface area (Å²) in [5, 5.41) is 0. The molecule has 2 nitrogen and oxygen atoms in total. The quantitative estimate of drug-likeness (QED) is 0.760. The molecule has 0 amide bonds. The van der Waals surface area contributed by atoms with Gasteiger partial charge in [0.2, 0.25) is 0 Å². The van der Waals surface area contributed by atoms with Crippen LogP contribution in [-0.2, 0) is 4.74 Å². The molecule has 1 aromatic rings. The molecule has 0 heterocycles. The van der Waals surface area contributed by atoms with Crippen LogP contribution in [0, 0.1) is 0 Å². The zero-order valence-corrected chi connectivity index (χ0v) is 10.0. The second-order valence-electron chi connectivity index (χ2n) is 4.32. The largest absolute Gasteiger partial charge is 0.376 e. The van der Waals surface area contributed by atoms with E-state index in [1.165, 1.54) is 17.7 Å². The fourth-order valence-corrected chi connectivity index (χ4v) is 2.25. The summed E-state index contributed by atoms with van der Waals surface area (Å²) in [6.07, 6.45) is 3.68. The van der Waals surface area contributed by atoms with Crippen LogP contribution < -0.4 is 0 Å². The van der Waals surface area contributed by atoms with Gasteiger partial charge in [-0.2, -0.15) is 0 Å². The van der Waals surface area contributed by atoms with Crippen LogP contribution in [-0.4, -0.2) is 18.9 Å². The molecule has 16 heavy (non-hydrogen) atoms. The van der Waals surface area contributed by atoms with Gasteiger partial charge in [0, 0.05) is 12.8 Å². The van der Waals surface area contributed by atoms with Crippen LogP contribution in [0.4, 0.5) is 0 Å². The second-order valence-corrected chi connectivity index (χ2v) is 4.32. The number of hydrogen-bond donors (Lipinski definition) is 0. The number of hydrogen-bond acceptors (Lipinski definition) is 2. The molecule has 0 aliphatic heterocycles. The molecule has 1 fully saturated rings. The van der Waals surface area contributed by atoms with Crippen molar-refractivity contribution < 1.29 is 4.74 Å². The molecule has 0 spiro atoms. The molecule has 2 heteroatoms. The summed E-state index contributed by atoms with van der Waals surface area (Å²) in [6, 6.07) is 10.7. The summed E-state index contributed by atoms with van der Waals surface area (Å²) >= 11 is 0. The summed E-state index contributed by atoms with van der Waals surface area (Å²) in [6.45, 7) is 2.15. The van der Waals surface area contributed by atoms with Gasteiger partial charge in [-0.15, -0.1) is 0 Å². The van der Waals surface area contributed by atoms with Crippen molar-refractivity contribution in [1.82, 2.24) is 0 Å². The Balaban J connectivity index is 2.11. The summed E-state index contributed by atoms with van der Waals surface area (Å²) in [7, 11) is 1.78. The van der Waals surface area contributed by atoms with Crippen LogP contribution in [0.3, 0.4) is 0 Å². The normalized spacial score (nSPS) is 24.9. The monoisotopic (exact) mass is 217 g/mol. The summed E-state index contributed by atoms with van der Waals surface area (Å²) in [5.41, 5.74) is 2.51. The molecule has 0 aromatic heterocycles. The van der Waals surface area contributed by atoms with Crippen molar-refractivity contribution in [2.45, 2.75) is 38.3 Å². The maximum absolute atomic E-state index is 5.43. The molecule has 1 saturated carbocycles. The standard InChI is InChI=1S/C14H19NO/c1-11(12-7-4-3-5-8-12)15-13-9-6-10-14(13)16-2/h3-5,7-8,11,14H,6,9-10H2,1-2H3/t11-,14-/m0/s1. The maximum atomic E-state index is 5.43. The number of rotatable bonds is 3. The highest BCUT2D eigenvalue weighted by molar-refractivity contribution is 5.90. The predicted octanol–water partition coefficient (Wildman–Crippen LogP) is 3.39. The van der Waals surface area contributed by atoms with Gasteiger partial charge in [-0.1, -0.05) is 30.3 Å². The highest BCUT2D eigenvalue weighted by Gasteiger charge is 2.22. The molecule has 0 unspecified atom stereocenters. The number of benzene rings is 1. The van der Waals surface area contributed by atoms with Crippen molar-refractivity contribution in [1.29, 1.82) is 0 Å². The fourth-order valence-electron chi connectivity index (χ4n) is 2.25.